The first-order chi connectivity index (χ1) is 11.7. The number of hydrogen-bond donors (Lipinski definition) is 1. The van der Waals surface area contributed by atoms with E-state index in [1.165, 1.54) is 0 Å². The van der Waals surface area contributed by atoms with Crippen LogP contribution in [0.1, 0.15) is 19.8 Å². The molecule has 1 unspecified atom stereocenters. The Morgan fingerprint density at radius 1 is 0.852 bits per heavy atom. The monoisotopic (exact) mass is 432 g/mol. The van der Waals surface area contributed by atoms with Crippen molar-refractivity contribution in [2.24, 2.45) is 0 Å². The van der Waals surface area contributed by atoms with E-state index in [0.717, 1.165) is 6.92 Å². The van der Waals surface area contributed by atoms with Crippen LogP contribution < -0.4 is 0 Å². The van der Waals surface area contributed by atoms with Crippen LogP contribution in [-0.4, -0.2) is 46.9 Å². The van der Waals surface area contributed by atoms with Gasteiger partial charge in [-0.1, -0.05) is 13.3 Å². The Morgan fingerprint density at radius 2 is 1.26 bits per heavy atom. The molecule has 0 aromatic carbocycles. The van der Waals surface area contributed by atoms with Crippen LogP contribution >= 0.6 is 0 Å². The smallest absolute Gasteiger partial charge is 0.384 e. The summed E-state index contributed by atoms with van der Waals surface area (Å²) in [6.07, 6.45) is -10.6. The number of carboxylic acids is 1. The molecule has 0 aliphatic rings. The number of alkyl halides is 11. The van der Waals surface area contributed by atoms with Gasteiger partial charge < -0.3 is 5.11 Å². The minimum atomic E-state index is -7.85. The fraction of sp³-hybridized carbons (Fsp3) is 0.750. The third-order valence-electron chi connectivity index (χ3n) is 3.25. The topological polar surface area (TPSA) is 37.3 Å². The Labute approximate surface area is 141 Å². The van der Waals surface area contributed by atoms with Crippen molar-refractivity contribution in [2.75, 3.05) is 0 Å². The molecule has 1 N–H and O–H groups in total. The normalized spacial score (nSPS) is 15.5. The van der Waals surface area contributed by atoms with Crippen LogP contribution in [0.25, 0.3) is 0 Å². The average Bonchev–Trinajstić information content (AvgIpc) is 2.45. The first-order valence-corrected chi connectivity index (χ1v) is 6.57. The zero-order valence-electron chi connectivity index (χ0n) is 12.8. The van der Waals surface area contributed by atoms with E-state index in [9.17, 15) is 61.9 Å². The maximum Gasteiger partial charge on any atom is 0.384 e. The van der Waals surface area contributed by atoms with Crippen molar-refractivity contribution in [1.82, 2.24) is 0 Å². The third kappa shape index (κ3) is 3.68. The summed E-state index contributed by atoms with van der Waals surface area (Å²) in [5, 5.41) is 8.04. The summed E-state index contributed by atoms with van der Waals surface area (Å²) in [6.45, 7) is 0.898. The maximum absolute atomic E-state index is 13.4. The van der Waals surface area contributed by atoms with Crippen molar-refractivity contribution < 1.29 is 67.0 Å². The molecule has 1 atom stereocenters. The number of hydrogen-bond acceptors (Lipinski definition) is 1. The molecule has 15 heteroatoms. The largest absolute Gasteiger partial charge is 0.478 e. The minimum Gasteiger partial charge on any atom is -0.478 e. The highest BCUT2D eigenvalue weighted by atomic mass is 19.4. The van der Waals surface area contributed by atoms with Gasteiger partial charge in [0.25, 0.3) is 6.08 Å². The number of halogens is 13. The molecule has 27 heavy (non-hydrogen) atoms. The quantitative estimate of drug-likeness (QED) is 0.384. The molecule has 0 spiro atoms. The van der Waals surface area contributed by atoms with E-state index in [1.807, 2.05) is 0 Å². The average molecular weight is 432 g/mol. The summed E-state index contributed by atoms with van der Waals surface area (Å²) < 4.78 is 171. The summed E-state index contributed by atoms with van der Waals surface area (Å²) in [5.41, 5.74) is -4.02. The zero-order valence-corrected chi connectivity index (χ0v) is 12.8. The Bertz CT molecular complexity index is 592. The fourth-order valence-electron chi connectivity index (χ4n) is 1.73. The molecule has 160 valence electrons. The summed E-state index contributed by atoms with van der Waals surface area (Å²) in [4.78, 5) is 10.2. The molecule has 0 aromatic rings. The predicted molar refractivity (Wildman–Crippen MR) is 61.4 cm³/mol. The van der Waals surface area contributed by atoms with Gasteiger partial charge in [-0.05, 0) is 6.42 Å². The lowest BCUT2D eigenvalue weighted by atomic mass is 9.89. The van der Waals surface area contributed by atoms with Crippen molar-refractivity contribution in [2.45, 2.75) is 55.5 Å². The molecule has 0 aliphatic carbocycles. The Balaban J connectivity index is 6.55. The predicted octanol–water partition coefficient (Wildman–Crippen LogP) is 5.54. The highest BCUT2D eigenvalue weighted by Crippen LogP contribution is 2.59. The lowest BCUT2D eigenvalue weighted by Crippen LogP contribution is -2.69. The lowest BCUT2D eigenvalue weighted by molar-refractivity contribution is -0.402. The Hall–Kier alpha value is -1.70. The number of carboxylic acid groups (broad SMARTS) is 1. The molecule has 0 radical (unpaired) electrons. The SMILES string of the molecule is CCCC(F)C(F)(F)C(F)(F)C(F)(F)C(F)(F)C(F)(F)C(C(=O)O)=C(F)F. The van der Waals surface area contributed by atoms with Gasteiger partial charge in [0.15, 0.2) is 11.7 Å². The molecule has 2 nitrogen and oxygen atoms in total. The van der Waals surface area contributed by atoms with Crippen LogP contribution in [0.4, 0.5) is 57.1 Å². The van der Waals surface area contributed by atoms with Crippen LogP contribution in [-0.2, 0) is 4.79 Å². The van der Waals surface area contributed by atoms with Gasteiger partial charge in [-0.2, -0.15) is 52.7 Å². The summed E-state index contributed by atoms with van der Waals surface area (Å²) in [6, 6.07) is 0. The molecule has 0 aliphatic heterocycles. The van der Waals surface area contributed by atoms with E-state index in [2.05, 4.69) is 0 Å². The molecule has 0 bridgehead atoms. The highest BCUT2D eigenvalue weighted by molar-refractivity contribution is 5.89. The molecule has 0 fully saturated rings. The van der Waals surface area contributed by atoms with Crippen LogP contribution in [0.2, 0.25) is 0 Å². The first kappa shape index (κ1) is 25.3. The molecule has 0 saturated heterocycles. The molecular formula is C12H9F13O2. The molecule has 0 rings (SSSR count). The maximum atomic E-state index is 13.4. The van der Waals surface area contributed by atoms with Crippen molar-refractivity contribution in [3.63, 3.8) is 0 Å². The minimum absolute atomic E-state index is 0.677. The zero-order chi connectivity index (χ0) is 22.2. The van der Waals surface area contributed by atoms with Crippen molar-refractivity contribution in [1.29, 1.82) is 0 Å². The highest BCUT2D eigenvalue weighted by Gasteiger charge is 2.88. The molecular weight excluding hydrogens is 423 g/mol. The van der Waals surface area contributed by atoms with Crippen LogP contribution in [0.5, 0.6) is 0 Å². The van der Waals surface area contributed by atoms with Gasteiger partial charge in [0.2, 0.25) is 0 Å². The van der Waals surface area contributed by atoms with E-state index in [1.54, 1.807) is 0 Å². The molecule has 0 heterocycles. The van der Waals surface area contributed by atoms with E-state index < -0.39 is 66.2 Å². The van der Waals surface area contributed by atoms with Gasteiger partial charge >= 0.3 is 35.6 Å². The van der Waals surface area contributed by atoms with Crippen LogP contribution in [0, 0.1) is 0 Å². The van der Waals surface area contributed by atoms with Crippen molar-refractivity contribution >= 4 is 5.97 Å². The van der Waals surface area contributed by atoms with Crippen LogP contribution in [0.3, 0.4) is 0 Å². The Morgan fingerprint density at radius 3 is 1.56 bits per heavy atom. The fourth-order valence-corrected chi connectivity index (χ4v) is 1.73. The third-order valence-corrected chi connectivity index (χ3v) is 3.25. The van der Waals surface area contributed by atoms with Gasteiger partial charge in [-0.15, -0.1) is 0 Å². The first-order valence-electron chi connectivity index (χ1n) is 6.57. The second-order valence-electron chi connectivity index (χ2n) is 5.12. The van der Waals surface area contributed by atoms with E-state index in [-0.39, 0.29) is 0 Å². The number of carbonyl (C=O) groups is 1. The Kier molecular flexibility index (Phi) is 6.91. The van der Waals surface area contributed by atoms with E-state index in [0.29, 0.717) is 0 Å². The lowest BCUT2D eigenvalue weighted by Gasteiger charge is -2.40. The second kappa shape index (κ2) is 7.37. The van der Waals surface area contributed by atoms with Crippen molar-refractivity contribution in [3.05, 3.63) is 11.7 Å². The van der Waals surface area contributed by atoms with Gasteiger partial charge in [-0.3, -0.25) is 0 Å². The summed E-state index contributed by atoms with van der Waals surface area (Å²) >= 11 is 0. The van der Waals surface area contributed by atoms with Gasteiger partial charge in [0.05, 0.1) is 0 Å². The second-order valence-corrected chi connectivity index (χ2v) is 5.12. The number of rotatable bonds is 9. The van der Waals surface area contributed by atoms with E-state index >= 15 is 0 Å². The number of aliphatic carboxylic acids is 1. The van der Waals surface area contributed by atoms with E-state index in [4.69, 9.17) is 5.11 Å². The van der Waals surface area contributed by atoms with Crippen molar-refractivity contribution in [3.8, 4) is 0 Å². The summed E-state index contributed by atoms with van der Waals surface area (Å²) in [7, 11) is 0. The summed E-state index contributed by atoms with van der Waals surface area (Å²) in [5.74, 6) is -40.6. The molecule has 0 amide bonds. The van der Waals surface area contributed by atoms with Crippen LogP contribution in [0.15, 0.2) is 11.7 Å². The molecule has 0 aromatic heterocycles. The van der Waals surface area contributed by atoms with Gasteiger partial charge in [0, 0.05) is 0 Å². The van der Waals surface area contributed by atoms with Gasteiger partial charge in [0.1, 0.15) is 0 Å². The standard InChI is InChI=1S/C12H9F13O2/c1-2-3-4(13)8(16,17)10(20,21)12(24,25)11(22,23)9(18,19)5(6(14)15)7(26)27/h4H,2-3H2,1H3,(H,26,27). The van der Waals surface area contributed by atoms with Gasteiger partial charge in [-0.25, -0.2) is 9.18 Å². The molecule has 0 saturated carbocycles.